The summed E-state index contributed by atoms with van der Waals surface area (Å²) in [5, 5.41) is 0. The molecule has 0 atom stereocenters. The van der Waals surface area contributed by atoms with Crippen molar-refractivity contribution < 1.29 is 18.7 Å². The topological polar surface area (TPSA) is 38.8 Å². The second-order valence-electron chi connectivity index (χ2n) is 3.31. The molecule has 0 saturated carbocycles. The van der Waals surface area contributed by atoms with E-state index >= 15 is 0 Å². The van der Waals surface area contributed by atoms with E-state index in [4.69, 9.17) is 21.3 Å². The lowest BCUT2D eigenvalue weighted by atomic mass is 10.3. The van der Waals surface area contributed by atoms with Gasteiger partial charge in [0.05, 0.1) is 12.2 Å². The predicted molar refractivity (Wildman–Crippen MR) is 67.2 cm³/mol. The summed E-state index contributed by atoms with van der Waals surface area (Å²) in [5.74, 6) is -0.335. The van der Waals surface area contributed by atoms with Gasteiger partial charge in [-0.25, -0.2) is 4.79 Å². The van der Waals surface area contributed by atoms with Crippen molar-refractivity contribution in [2.45, 2.75) is 6.92 Å². The van der Waals surface area contributed by atoms with E-state index < -0.39 is 5.97 Å². The molecule has 98 valence electrons. The van der Waals surface area contributed by atoms with E-state index in [9.17, 15) is 9.28 Å². The molecule has 0 aliphatic carbocycles. The van der Waals surface area contributed by atoms with Crippen LogP contribution in [0.4, 0.5) is 10.2 Å². The van der Waals surface area contributed by atoms with Gasteiger partial charge in [0.15, 0.2) is 0 Å². The van der Waals surface area contributed by atoms with E-state index in [-0.39, 0.29) is 34.9 Å². The summed E-state index contributed by atoms with van der Waals surface area (Å²) in [6, 6.07) is 6.24. The average molecular weight is 274 g/mol. The number of anilines is 1. The van der Waals surface area contributed by atoms with Gasteiger partial charge in [-0.05, 0) is 19.1 Å². The van der Waals surface area contributed by atoms with Crippen molar-refractivity contribution in [1.82, 2.24) is 0 Å². The first-order valence-corrected chi connectivity index (χ1v) is 5.58. The number of ether oxygens (including phenoxy) is 2. The van der Waals surface area contributed by atoms with Crippen LogP contribution < -0.4 is 9.38 Å². The van der Waals surface area contributed by atoms with Gasteiger partial charge in [-0.15, -0.1) is 4.64 Å². The van der Waals surface area contributed by atoms with Crippen molar-refractivity contribution in [2.24, 2.45) is 0 Å². The molecular formula is C12H13ClFNO3. The standard InChI is InChI=1S/C12H13ClFNO3/c1-3-17-12(16)9(2)8-18-11-7-5-4-6-10(11)15(13)14/h4-7H,2-3,8H2,1H3. The number of carbonyl (C=O) groups excluding carboxylic acids is 1. The molecule has 6 heteroatoms. The van der Waals surface area contributed by atoms with Crippen molar-refractivity contribution in [1.29, 1.82) is 0 Å². The maximum Gasteiger partial charge on any atom is 0.336 e. The lowest BCUT2D eigenvalue weighted by Gasteiger charge is -2.12. The average Bonchev–Trinajstić information content (AvgIpc) is 2.36. The lowest BCUT2D eigenvalue weighted by Crippen LogP contribution is -2.13. The Balaban J connectivity index is 2.64. The van der Waals surface area contributed by atoms with Crippen LogP contribution in [0.5, 0.6) is 5.75 Å². The van der Waals surface area contributed by atoms with Gasteiger partial charge >= 0.3 is 5.97 Å². The third-order valence-electron chi connectivity index (χ3n) is 2.01. The number of rotatable bonds is 6. The molecule has 1 aromatic carbocycles. The zero-order chi connectivity index (χ0) is 13.5. The van der Waals surface area contributed by atoms with E-state index in [0.717, 1.165) is 0 Å². The molecule has 4 nitrogen and oxygen atoms in total. The zero-order valence-electron chi connectivity index (χ0n) is 9.86. The Bertz CT molecular complexity index is 437. The molecule has 0 saturated heterocycles. The molecule has 0 radical (unpaired) electrons. The minimum Gasteiger partial charge on any atom is -0.486 e. The van der Waals surface area contributed by atoms with Gasteiger partial charge in [0.25, 0.3) is 0 Å². The molecule has 0 heterocycles. The highest BCUT2D eigenvalue weighted by atomic mass is 35.5. The quantitative estimate of drug-likeness (QED) is 0.454. The van der Waals surface area contributed by atoms with Crippen LogP contribution in [0.25, 0.3) is 0 Å². The van der Waals surface area contributed by atoms with Gasteiger partial charge in [-0.1, -0.05) is 23.2 Å². The normalized spacial score (nSPS) is 9.72. The molecular weight excluding hydrogens is 261 g/mol. The fourth-order valence-electron chi connectivity index (χ4n) is 1.18. The summed E-state index contributed by atoms with van der Waals surface area (Å²) >= 11 is 5.21. The third kappa shape index (κ3) is 3.92. The molecule has 0 spiro atoms. The van der Waals surface area contributed by atoms with E-state index in [1.54, 1.807) is 19.1 Å². The van der Waals surface area contributed by atoms with Crippen LogP contribution >= 0.6 is 11.8 Å². The van der Waals surface area contributed by atoms with Gasteiger partial charge in [0, 0.05) is 11.8 Å². The highest BCUT2D eigenvalue weighted by molar-refractivity contribution is 6.24. The summed E-state index contributed by atoms with van der Waals surface area (Å²) in [6.07, 6.45) is 0. The van der Waals surface area contributed by atoms with Gasteiger partial charge in [0.1, 0.15) is 18.0 Å². The Morgan fingerprint density at radius 2 is 2.17 bits per heavy atom. The molecule has 0 unspecified atom stereocenters. The van der Waals surface area contributed by atoms with Crippen LogP contribution in [0.3, 0.4) is 0 Å². The predicted octanol–water partition coefficient (Wildman–Crippen LogP) is 3.03. The van der Waals surface area contributed by atoms with Crippen LogP contribution in [0.15, 0.2) is 36.4 Å². The van der Waals surface area contributed by atoms with E-state index in [1.807, 2.05) is 0 Å². The number of halogens is 2. The monoisotopic (exact) mass is 273 g/mol. The minimum atomic E-state index is -0.544. The smallest absolute Gasteiger partial charge is 0.336 e. The third-order valence-corrected chi connectivity index (χ3v) is 2.20. The maximum absolute atomic E-state index is 12.9. The van der Waals surface area contributed by atoms with E-state index in [0.29, 0.717) is 0 Å². The fourth-order valence-corrected chi connectivity index (χ4v) is 1.32. The zero-order valence-corrected chi connectivity index (χ0v) is 10.6. The van der Waals surface area contributed by atoms with Crippen LogP contribution in [-0.4, -0.2) is 19.2 Å². The van der Waals surface area contributed by atoms with Crippen molar-refractivity contribution in [2.75, 3.05) is 17.9 Å². The SMILES string of the molecule is C=C(COc1ccccc1N(F)Cl)C(=O)OCC. The number of para-hydroxylation sites is 2. The van der Waals surface area contributed by atoms with Crippen molar-refractivity contribution in [3.63, 3.8) is 0 Å². The maximum atomic E-state index is 12.9. The molecule has 1 aromatic rings. The Hall–Kier alpha value is -1.75. The molecule has 0 fully saturated rings. The first-order chi connectivity index (χ1) is 8.56. The summed E-state index contributed by atoms with van der Waals surface area (Å²) in [5.41, 5.74) is 0.197. The largest absolute Gasteiger partial charge is 0.486 e. The first-order valence-electron chi connectivity index (χ1n) is 5.24. The first kappa shape index (κ1) is 14.3. The lowest BCUT2D eigenvalue weighted by molar-refractivity contribution is -0.138. The molecule has 0 aliphatic rings. The van der Waals surface area contributed by atoms with Crippen molar-refractivity contribution in [3.05, 3.63) is 36.4 Å². The van der Waals surface area contributed by atoms with Crippen LogP contribution in [-0.2, 0) is 9.53 Å². The number of nitrogens with zero attached hydrogens (tertiary/aromatic N) is 1. The highest BCUT2D eigenvalue weighted by Gasteiger charge is 2.12. The summed E-state index contributed by atoms with van der Waals surface area (Å²) in [6.45, 7) is 5.37. The van der Waals surface area contributed by atoms with Gasteiger partial charge < -0.3 is 9.47 Å². The number of hydrogen-bond acceptors (Lipinski definition) is 4. The second kappa shape index (κ2) is 6.86. The highest BCUT2D eigenvalue weighted by Crippen LogP contribution is 2.29. The molecule has 1 rings (SSSR count). The number of carbonyl (C=O) groups is 1. The Morgan fingerprint density at radius 3 is 2.78 bits per heavy atom. The second-order valence-corrected chi connectivity index (χ2v) is 3.61. The van der Waals surface area contributed by atoms with Gasteiger partial charge in [-0.2, -0.15) is 0 Å². The van der Waals surface area contributed by atoms with Crippen LogP contribution in [0.1, 0.15) is 6.92 Å². The Labute approximate surface area is 110 Å². The number of hydrogen-bond donors (Lipinski definition) is 0. The van der Waals surface area contributed by atoms with Crippen LogP contribution in [0, 0.1) is 0 Å². The van der Waals surface area contributed by atoms with E-state index in [1.165, 1.54) is 12.1 Å². The van der Waals surface area contributed by atoms with Gasteiger partial charge in [0.2, 0.25) is 0 Å². The fraction of sp³-hybridized carbons (Fsp3) is 0.250. The minimum absolute atomic E-state index is 0.0517. The molecule has 18 heavy (non-hydrogen) atoms. The molecule has 0 bridgehead atoms. The summed E-state index contributed by atoms with van der Waals surface area (Å²) in [7, 11) is 0. The summed E-state index contributed by atoms with van der Waals surface area (Å²) in [4.78, 5) is 11.3. The van der Waals surface area contributed by atoms with Crippen molar-refractivity contribution in [3.8, 4) is 5.75 Å². The molecule has 0 amide bonds. The van der Waals surface area contributed by atoms with Crippen LogP contribution in [0.2, 0.25) is 0 Å². The number of esters is 1. The molecule has 0 aromatic heterocycles. The molecule has 0 aliphatic heterocycles. The summed E-state index contributed by atoms with van der Waals surface area (Å²) < 4.78 is 22.8. The Morgan fingerprint density at radius 1 is 1.50 bits per heavy atom. The van der Waals surface area contributed by atoms with E-state index in [2.05, 4.69) is 6.58 Å². The van der Waals surface area contributed by atoms with Gasteiger partial charge in [-0.3, -0.25) is 0 Å². The molecule has 0 N–H and O–H groups in total. The Kier molecular flexibility index (Phi) is 5.45. The number of benzene rings is 1. The van der Waals surface area contributed by atoms with Crippen molar-refractivity contribution >= 4 is 23.4 Å².